The third-order valence-corrected chi connectivity index (χ3v) is 7.70. The molecule has 0 radical (unpaired) electrons. The van der Waals surface area contributed by atoms with Crippen LogP contribution in [0.5, 0.6) is 5.75 Å². The summed E-state index contributed by atoms with van der Waals surface area (Å²) in [6, 6.07) is 18.8. The average molecular weight is 659 g/mol. The minimum Gasteiger partial charge on any atom is -0.497 e. The number of aromatic amines is 1. The molecule has 13 heteroatoms. The maximum Gasteiger partial charge on any atom is 0.414 e. The molecule has 0 spiro atoms. The van der Waals surface area contributed by atoms with Crippen LogP contribution in [0.4, 0.5) is 19.7 Å². The quantitative estimate of drug-likeness (QED) is 0.206. The summed E-state index contributed by atoms with van der Waals surface area (Å²) < 4.78 is 31.9. The monoisotopic (exact) mass is 658 g/mol. The SMILES string of the molecule is COc1ccc(CC(c2cn[nH]n2)N(Cc2ccc(-c3ccc(N4CC(CNC(C)=O)OC4=O)cc3F)cc2)C(=O)OC(C)(C)C)cc1. The summed E-state index contributed by atoms with van der Waals surface area (Å²) in [6.45, 7) is 7.35. The van der Waals surface area contributed by atoms with E-state index in [-0.39, 0.29) is 25.5 Å². The first-order valence-electron chi connectivity index (χ1n) is 15.5. The van der Waals surface area contributed by atoms with Gasteiger partial charge < -0.3 is 19.5 Å². The molecule has 2 heterocycles. The summed E-state index contributed by atoms with van der Waals surface area (Å²) in [7, 11) is 1.60. The number of halogens is 1. The fraction of sp³-hybridized carbons (Fsp3) is 0.343. The van der Waals surface area contributed by atoms with Crippen LogP contribution in [0.2, 0.25) is 0 Å². The van der Waals surface area contributed by atoms with Crippen LogP contribution in [0.15, 0.2) is 72.9 Å². The first-order valence-corrected chi connectivity index (χ1v) is 15.5. The molecule has 3 aromatic carbocycles. The number of H-pyrrole nitrogens is 1. The molecule has 252 valence electrons. The van der Waals surface area contributed by atoms with Crippen molar-refractivity contribution >= 4 is 23.8 Å². The molecule has 0 aliphatic carbocycles. The highest BCUT2D eigenvalue weighted by molar-refractivity contribution is 5.90. The fourth-order valence-electron chi connectivity index (χ4n) is 5.34. The lowest BCUT2D eigenvalue weighted by Crippen LogP contribution is -2.40. The third-order valence-electron chi connectivity index (χ3n) is 7.70. The number of ether oxygens (including phenoxy) is 3. The molecule has 1 saturated heterocycles. The molecule has 4 aromatic rings. The summed E-state index contributed by atoms with van der Waals surface area (Å²) >= 11 is 0. The van der Waals surface area contributed by atoms with Crippen molar-refractivity contribution in [3.8, 4) is 16.9 Å². The van der Waals surface area contributed by atoms with Crippen molar-refractivity contribution in [1.82, 2.24) is 25.6 Å². The maximum absolute atomic E-state index is 15.4. The predicted octanol–water partition coefficient (Wildman–Crippen LogP) is 5.80. The zero-order valence-electron chi connectivity index (χ0n) is 27.5. The van der Waals surface area contributed by atoms with Crippen molar-refractivity contribution in [1.29, 1.82) is 0 Å². The van der Waals surface area contributed by atoms with E-state index in [0.717, 1.165) is 16.9 Å². The van der Waals surface area contributed by atoms with E-state index >= 15 is 4.39 Å². The number of hydrogen-bond donors (Lipinski definition) is 2. The Kier molecular flexibility index (Phi) is 10.3. The smallest absolute Gasteiger partial charge is 0.414 e. The summed E-state index contributed by atoms with van der Waals surface area (Å²) in [4.78, 5) is 40.3. The van der Waals surface area contributed by atoms with Gasteiger partial charge >= 0.3 is 12.2 Å². The summed E-state index contributed by atoms with van der Waals surface area (Å²) in [5, 5.41) is 13.6. The molecule has 12 nitrogen and oxygen atoms in total. The van der Waals surface area contributed by atoms with Crippen LogP contribution in [-0.2, 0) is 27.2 Å². The third kappa shape index (κ3) is 8.46. The van der Waals surface area contributed by atoms with E-state index in [2.05, 4.69) is 20.7 Å². The lowest BCUT2D eigenvalue weighted by Gasteiger charge is -2.33. The van der Waals surface area contributed by atoms with E-state index in [4.69, 9.17) is 14.2 Å². The van der Waals surface area contributed by atoms with Crippen LogP contribution < -0.4 is 15.0 Å². The number of carbonyl (C=O) groups excluding carboxylic acids is 3. The minimum atomic E-state index is -0.741. The number of amides is 3. The predicted molar refractivity (Wildman–Crippen MR) is 176 cm³/mol. The Balaban J connectivity index is 1.36. The van der Waals surface area contributed by atoms with E-state index < -0.39 is 35.8 Å². The molecule has 1 aliphatic heterocycles. The molecule has 48 heavy (non-hydrogen) atoms. The molecular weight excluding hydrogens is 619 g/mol. The van der Waals surface area contributed by atoms with E-state index in [1.165, 1.54) is 17.9 Å². The molecule has 2 atom stereocenters. The molecule has 1 fully saturated rings. The number of cyclic esters (lactones) is 1. The minimum absolute atomic E-state index is 0.177. The number of aromatic nitrogens is 3. The largest absolute Gasteiger partial charge is 0.497 e. The molecule has 1 aliphatic rings. The van der Waals surface area contributed by atoms with Crippen molar-refractivity contribution in [3.05, 3.63) is 95.6 Å². The highest BCUT2D eigenvalue weighted by atomic mass is 19.1. The second kappa shape index (κ2) is 14.5. The Morgan fingerprint density at radius 2 is 1.81 bits per heavy atom. The highest BCUT2D eigenvalue weighted by Gasteiger charge is 2.33. The first kappa shape index (κ1) is 33.9. The van der Waals surface area contributed by atoms with Gasteiger partial charge in [0.1, 0.15) is 29.0 Å². The van der Waals surface area contributed by atoms with E-state index in [0.29, 0.717) is 28.9 Å². The average Bonchev–Trinajstić information content (AvgIpc) is 3.71. The molecular formula is C35H39FN6O6. The number of rotatable bonds is 11. The van der Waals surface area contributed by atoms with E-state index in [1.54, 1.807) is 42.5 Å². The topological polar surface area (TPSA) is 139 Å². The van der Waals surface area contributed by atoms with Gasteiger partial charge in [-0.05, 0) is 74.2 Å². The Bertz CT molecular complexity index is 1720. The molecule has 0 saturated carbocycles. The Morgan fingerprint density at radius 3 is 2.42 bits per heavy atom. The Morgan fingerprint density at radius 1 is 1.10 bits per heavy atom. The van der Waals surface area contributed by atoms with Gasteiger partial charge in [0.25, 0.3) is 0 Å². The van der Waals surface area contributed by atoms with Crippen molar-refractivity contribution in [2.24, 2.45) is 0 Å². The van der Waals surface area contributed by atoms with Gasteiger partial charge in [-0.15, -0.1) is 0 Å². The van der Waals surface area contributed by atoms with Gasteiger partial charge in [-0.3, -0.25) is 14.6 Å². The van der Waals surface area contributed by atoms with Gasteiger partial charge in [-0.2, -0.15) is 15.4 Å². The van der Waals surface area contributed by atoms with Gasteiger partial charge in [-0.25, -0.2) is 14.0 Å². The highest BCUT2D eigenvalue weighted by Crippen LogP contribution is 2.31. The molecule has 5 rings (SSSR count). The molecule has 3 amide bonds. The molecule has 1 aromatic heterocycles. The lowest BCUT2D eigenvalue weighted by atomic mass is 10.00. The van der Waals surface area contributed by atoms with Gasteiger partial charge in [0.15, 0.2) is 0 Å². The molecule has 2 N–H and O–H groups in total. The summed E-state index contributed by atoms with van der Waals surface area (Å²) in [5.41, 5.74) is 2.88. The van der Waals surface area contributed by atoms with Gasteiger partial charge in [0, 0.05) is 19.0 Å². The number of hydrogen-bond acceptors (Lipinski definition) is 8. The van der Waals surface area contributed by atoms with E-state index in [1.807, 2.05) is 57.2 Å². The van der Waals surface area contributed by atoms with Crippen LogP contribution in [0.25, 0.3) is 11.1 Å². The van der Waals surface area contributed by atoms with Crippen molar-refractivity contribution < 1.29 is 33.0 Å². The van der Waals surface area contributed by atoms with Gasteiger partial charge in [0.05, 0.1) is 38.1 Å². The lowest BCUT2D eigenvalue weighted by molar-refractivity contribution is -0.119. The molecule has 2 unspecified atom stereocenters. The number of nitrogens with one attached hydrogen (secondary N) is 2. The normalized spacial score (nSPS) is 15.1. The van der Waals surface area contributed by atoms with Crippen molar-refractivity contribution in [2.75, 3.05) is 25.1 Å². The summed E-state index contributed by atoms with van der Waals surface area (Å²) in [6.07, 6.45) is 0.370. The number of nitrogens with zero attached hydrogens (tertiary/aromatic N) is 4. The first-order chi connectivity index (χ1) is 22.9. The van der Waals surface area contributed by atoms with Gasteiger partial charge in [-0.1, -0.05) is 36.4 Å². The van der Waals surface area contributed by atoms with Crippen LogP contribution in [0.3, 0.4) is 0 Å². The number of anilines is 1. The van der Waals surface area contributed by atoms with Crippen molar-refractivity contribution in [3.63, 3.8) is 0 Å². The number of methoxy groups -OCH3 is 1. The van der Waals surface area contributed by atoms with Crippen LogP contribution in [0.1, 0.15) is 50.6 Å². The second-order valence-electron chi connectivity index (χ2n) is 12.5. The summed E-state index contributed by atoms with van der Waals surface area (Å²) in [5.74, 6) is -0.0241. The van der Waals surface area contributed by atoms with E-state index in [9.17, 15) is 14.4 Å². The van der Waals surface area contributed by atoms with Crippen LogP contribution in [0, 0.1) is 5.82 Å². The maximum atomic E-state index is 15.4. The second-order valence-corrected chi connectivity index (χ2v) is 12.5. The number of benzene rings is 3. The van der Waals surface area contributed by atoms with Crippen LogP contribution in [-0.4, -0.2) is 70.3 Å². The zero-order chi connectivity index (χ0) is 34.4. The Labute approximate surface area is 278 Å². The fourth-order valence-corrected chi connectivity index (χ4v) is 5.34. The van der Waals surface area contributed by atoms with Gasteiger partial charge in [0.2, 0.25) is 5.91 Å². The van der Waals surface area contributed by atoms with Crippen molar-refractivity contribution in [2.45, 2.75) is 58.4 Å². The zero-order valence-corrected chi connectivity index (χ0v) is 27.5. The standard InChI is InChI=1S/C35H39FN6O6/c1-22(43)37-18-28-21-41(33(44)47-28)26-12-15-29(30(36)17-26)25-10-6-24(7-11-25)20-42(34(45)48-35(2,3)4)32(31-19-38-40-39-31)16-23-8-13-27(46-5)14-9-23/h6-15,17,19,28,32H,16,18,20-21H2,1-5H3,(H,37,43)(H,38,39,40). The Hall–Kier alpha value is -5.46. The van der Waals surface area contributed by atoms with Crippen LogP contribution >= 0.6 is 0 Å². The molecule has 0 bridgehead atoms. The number of carbonyl (C=O) groups is 3.